The van der Waals surface area contributed by atoms with Crippen molar-refractivity contribution in [3.05, 3.63) is 52.8 Å². The molecule has 2 aromatic rings. The van der Waals surface area contributed by atoms with Crippen LogP contribution in [-0.4, -0.2) is 33.7 Å². The van der Waals surface area contributed by atoms with E-state index >= 15 is 0 Å². The van der Waals surface area contributed by atoms with Crippen molar-refractivity contribution in [1.82, 2.24) is 4.72 Å². The maximum atomic E-state index is 14.5. The van der Waals surface area contributed by atoms with Crippen molar-refractivity contribution in [3.8, 4) is 11.5 Å². The molecule has 1 aliphatic rings. The zero-order valence-electron chi connectivity index (χ0n) is 17.1. The molecular weight excluding hydrogens is 490 g/mol. The summed E-state index contributed by atoms with van der Waals surface area (Å²) in [4.78, 5) is 12.0. The number of carbonyl (C=O) groups is 1. The monoisotopic (exact) mass is 509 g/mol. The molecule has 2 aromatic carbocycles. The Morgan fingerprint density at radius 2 is 1.73 bits per heavy atom. The van der Waals surface area contributed by atoms with Gasteiger partial charge in [-0.3, -0.25) is 4.79 Å². The summed E-state index contributed by atoms with van der Waals surface area (Å²) in [6.45, 7) is -1.18. The molecule has 0 unspecified atom stereocenters. The fourth-order valence-corrected chi connectivity index (χ4v) is 4.50. The first-order valence-electron chi connectivity index (χ1n) is 9.93. The highest BCUT2D eigenvalue weighted by molar-refractivity contribution is 7.90. The third-order valence-electron chi connectivity index (χ3n) is 4.98. The normalized spacial score (nSPS) is 14.8. The molecule has 6 nitrogen and oxygen atoms in total. The predicted octanol–water partition coefficient (Wildman–Crippen LogP) is 5.11. The number of hydrogen-bond donors (Lipinski definition) is 1. The molecule has 0 spiro atoms. The Bertz CT molecular complexity index is 1100. The Labute approximate surface area is 192 Å². The molecule has 1 N–H and O–H groups in total. The van der Waals surface area contributed by atoms with Gasteiger partial charge in [-0.2, -0.15) is 13.2 Å². The van der Waals surface area contributed by atoms with E-state index in [4.69, 9.17) is 16.3 Å². The van der Waals surface area contributed by atoms with E-state index in [1.165, 1.54) is 0 Å². The lowest BCUT2D eigenvalue weighted by atomic mass is 10.1. The van der Waals surface area contributed by atoms with Crippen molar-refractivity contribution in [2.45, 2.75) is 36.8 Å². The van der Waals surface area contributed by atoms with Gasteiger partial charge in [0, 0.05) is 6.07 Å². The van der Waals surface area contributed by atoms with Crippen LogP contribution >= 0.6 is 11.6 Å². The minimum absolute atomic E-state index is 0.0509. The summed E-state index contributed by atoms with van der Waals surface area (Å²) in [5.41, 5.74) is -0.609. The average molecular weight is 510 g/mol. The summed E-state index contributed by atoms with van der Waals surface area (Å²) in [5, 5.41) is -0.0527. The summed E-state index contributed by atoms with van der Waals surface area (Å²) < 4.78 is 87.7. The summed E-state index contributed by atoms with van der Waals surface area (Å²) in [5.74, 6) is -2.11. The van der Waals surface area contributed by atoms with Crippen LogP contribution in [0, 0.1) is 11.7 Å². The van der Waals surface area contributed by atoms with Gasteiger partial charge in [0.25, 0.3) is 15.9 Å². The van der Waals surface area contributed by atoms with E-state index in [1.54, 1.807) is 4.72 Å². The number of hydrogen-bond acceptors (Lipinski definition) is 5. The Kier molecular flexibility index (Phi) is 7.73. The summed E-state index contributed by atoms with van der Waals surface area (Å²) in [7, 11) is -4.45. The Hall–Kier alpha value is -2.53. The third-order valence-corrected chi connectivity index (χ3v) is 6.62. The van der Waals surface area contributed by atoms with Crippen molar-refractivity contribution in [2.75, 3.05) is 13.2 Å². The molecule has 180 valence electrons. The molecule has 1 aliphatic carbocycles. The highest BCUT2D eigenvalue weighted by atomic mass is 35.5. The number of carbonyl (C=O) groups excluding carboxylic acids is 1. The van der Waals surface area contributed by atoms with Gasteiger partial charge in [0.15, 0.2) is 6.61 Å². The fourth-order valence-electron chi connectivity index (χ4n) is 3.31. The van der Waals surface area contributed by atoms with Crippen molar-refractivity contribution in [1.29, 1.82) is 0 Å². The Morgan fingerprint density at radius 1 is 1.09 bits per heavy atom. The van der Waals surface area contributed by atoms with Crippen LogP contribution in [0.2, 0.25) is 5.02 Å². The molecule has 0 radical (unpaired) electrons. The zero-order chi connectivity index (χ0) is 24.2. The standard InChI is InChI=1S/C21H20ClF4NO5S/c22-17-9-16(18(23)10-19(17)31-11-13-3-1-2-4-13)20(28)27-33(29,30)15-7-5-14(6-8-15)32-12-21(24,25)26/h5-10,13H,1-4,11-12H2,(H,27,28). The first-order chi connectivity index (χ1) is 15.4. The van der Waals surface area contributed by atoms with Gasteiger partial charge in [-0.15, -0.1) is 0 Å². The molecule has 3 rings (SSSR count). The fraction of sp³-hybridized carbons (Fsp3) is 0.381. The van der Waals surface area contributed by atoms with Gasteiger partial charge in [0.1, 0.15) is 17.3 Å². The first-order valence-corrected chi connectivity index (χ1v) is 11.8. The maximum Gasteiger partial charge on any atom is 0.422 e. The Morgan fingerprint density at radius 3 is 2.33 bits per heavy atom. The molecule has 1 saturated carbocycles. The molecule has 0 aliphatic heterocycles. The maximum absolute atomic E-state index is 14.5. The second kappa shape index (κ2) is 10.2. The van der Waals surface area contributed by atoms with Crippen LogP contribution < -0.4 is 14.2 Å². The molecule has 0 aromatic heterocycles. The molecule has 33 heavy (non-hydrogen) atoms. The third kappa shape index (κ3) is 6.97. The zero-order valence-corrected chi connectivity index (χ0v) is 18.7. The summed E-state index contributed by atoms with van der Waals surface area (Å²) in [6.07, 6.45) is -0.330. The lowest BCUT2D eigenvalue weighted by Gasteiger charge is -2.14. The molecule has 1 amide bonds. The van der Waals surface area contributed by atoms with Crippen LogP contribution in [0.15, 0.2) is 41.3 Å². The average Bonchev–Trinajstić information content (AvgIpc) is 3.25. The molecule has 0 atom stereocenters. The van der Waals surface area contributed by atoms with Crippen molar-refractivity contribution in [2.24, 2.45) is 5.92 Å². The number of halogens is 5. The van der Waals surface area contributed by atoms with Crippen LogP contribution in [0.1, 0.15) is 36.0 Å². The van der Waals surface area contributed by atoms with Gasteiger partial charge in [-0.1, -0.05) is 24.4 Å². The minimum atomic E-state index is -4.55. The second-order valence-corrected chi connectivity index (χ2v) is 9.62. The van der Waals surface area contributed by atoms with Gasteiger partial charge in [0.05, 0.1) is 22.1 Å². The van der Waals surface area contributed by atoms with Gasteiger partial charge >= 0.3 is 6.18 Å². The van der Waals surface area contributed by atoms with Crippen LogP contribution in [0.5, 0.6) is 11.5 Å². The number of amides is 1. The summed E-state index contributed by atoms with van der Waals surface area (Å²) >= 11 is 6.08. The lowest BCUT2D eigenvalue weighted by Crippen LogP contribution is -2.31. The van der Waals surface area contributed by atoms with Gasteiger partial charge in [-0.25, -0.2) is 17.5 Å². The van der Waals surface area contributed by atoms with Crippen molar-refractivity contribution < 1.29 is 40.2 Å². The van der Waals surface area contributed by atoms with Crippen LogP contribution in [0.25, 0.3) is 0 Å². The molecular formula is C21H20ClF4NO5S. The first kappa shape index (κ1) is 25.1. The van der Waals surface area contributed by atoms with Crippen molar-refractivity contribution in [3.63, 3.8) is 0 Å². The quantitative estimate of drug-likeness (QED) is 0.500. The van der Waals surface area contributed by atoms with Crippen molar-refractivity contribution >= 4 is 27.5 Å². The summed E-state index contributed by atoms with van der Waals surface area (Å²) in [6, 6.07) is 5.79. The van der Waals surface area contributed by atoms with Crippen LogP contribution in [0.4, 0.5) is 17.6 Å². The number of nitrogens with one attached hydrogen (secondary N) is 1. The van der Waals surface area contributed by atoms with E-state index in [9.17, 15) is 30.8 Å². The number of benzene rings is 2. The van der Waals surface area contributed by atoms with Crippen LogP contribution in [0.3, 0.4) is 0 Å². The van der Waals surface area contributed by atoms with E-state index in [0.29, 0.717) is 12.5 Å². The number of ether oxygens (including phenoxy) is 2. The molecule has 1 fully saturated rings. The van der Waals surface area contributed by atoms with Gasteiger partial charge in [0.2, 0.25) is 0 Å². The predicted molar refractivity (Wildman–Crippen MR) is 112 cm³/mol. The van der Waals surface area contributed by atoms with E-state index in [-0.39, 0.29) is 16.5 Å². The smallest absolute Gasteiger partial charge is 0.422 e. The van der Waals surface area contributed by atoms with E-state index in [2.05, 4.69) is 4.74 Å². The van der Waals surface area contributed by atoms with E-state index in [1.807, 2.05) is 0 Å². The number of sulfonamides is 1. The molecule has 0 heterocycles. The van der Waals surface area contributed by atoms with E-state index < -0.39 is 45.0 Å². The topological polar surface area (TPSA) is 81.7 Å². The van der Waals surface area contributed by atoms with Gasteiger partial charge < -0.3 is 9.47 Å². The van der Waals surface area contributed by atoms with Gasteiger partial charge in [-0.05, 0) is 49.1 Å². The molecule has 0 saturated heterocycles. The molecule has 0 bridgehead atoms. The van der Waals surface area contributed by atoms with E-state index in [0.717, 1.165) is 62.1 Å². The Balaban J connectivity index is 1.67. The molecule has 12 heteroatoms. The largest absolute Gasteiger partial charge is 0.492 e. The highest BCUT2D eigenvalue weighted by Gasteiger charge is 2.28. The lowest BCUT2D eigenvalue weighted by molar-refractivity contribution is -0.153. The minimum Gasteiger partial charge on any atom is -0.492 e. The second-order valence-electron chi connectivity index (χ2n) is 7.53. The highest BCUT2D eigenvalue weighted by Crippen LogP contribution is 2.31. The number of rotatable bonds is 8. The SMILES string of the molecule is O=C(NS(=O)(=O)c1ccc(OCC(F)(F)F)cc1)c1cc(Cl)c(OCC2CCCC2)cc1F. The van der Waals surface area contributed by atoms with Crippen LogP contribution in [-0.2, 0) is 10.0 Å². The number of alkyl halides is 3.